The summed E-state index contributed by atoms with van der Waals surface area (Å²) in [6, 6.07) is 6.91. The number of benzene rings is 1. The highest BCUT2D eigenvalue weighted by molar-refractivity contribution is 6.07. The van der Waals surface area contributed by atoms with Gasteiger partial charge in [-0.05, 0) is 50.2 Å². The van der Waals surface area contributed by atoms with Crippen molar-refractivity contribution >= 4 is 11.9 Å². The molecular weight excluding hydrogens is 330 g/mol. The first-order valence-electron chi connectivity index (χ1n) is 9.06. The highest BCUT2D eigenvalue weighted by Crippen LogP contribution is 2.30. The van der Waals surface area contributed by atoms with Gasteiger partial charge in [-0.2, -0.15) is 0 Å². The molecule has 0 aromatic heterocycles. The van der Waals surface area contributed by atoms with Gasteiger partial charge in [0.2, 0.25) is 0 Å². The van der Waals surface area contributed by atoms with Crippen molar-refractivity contribution in [2.24, 2.45) is 0 Å². The predicted molar refractivity (Wildman–Crippen MR) is 102 cm³/mol. The number of nitrogens with zero attached hydrogens (tertiary/aromatic N) is 2. The first-order valence-corrected chi connectivity index (χ1v) is 9.06. The van der Waals surface area contributed by atoms with Gasteiger partial charge in [0, 0.05) is 13.1 Å². The van der Waals surface area contributed by atoms with Gasteiger partial charge < -0.3 is 15.0 Å². The number of nitrogens with one attached hydrogen (secondary N) is 1. The van der Waals surface area contributed by atoms with E-state index in [0.717, 1.165) is 24.2 Å². The zero-order valence-electron chi connectivity index (χ0n) is 16.2. The first-order chi connectivity index (χ1) is 12.3. The van der Waals surface area contributed by atoms with E-state index in [1.54, 1.807) is 6.92 Å². The quantitative estimate of drug-likeness (QED) is 0.544. The zero-order chi connectivity index (χ0) is 19.3. The molecule has 0 radical (unpaired) electrons. The molecule has 1 atom stereocenters. The fourth-order valence-electron chi connectivity index (χ4n) is 2.97. The van der Waals surface area contributed by atoms with Crippen LogP contribution in [0.1, 0.15) is 33.3 Å². The Bertz CT molecular complexity index is 667. The van der Waals surface area contributed by atoms with Crippen LogP contribution in [-0.4, -0.2) is 54.5 Å². The molecule has 2 rings (SSSR count). The topological polar surface area (TPSA) is 61.9 Å². The molecule has 1 aromatic carbocycles. The Morgan fingerprint density at radius 2 is 1.85 bits per heavy atom. The maximum atomic E-state index is 12.9. The lowest BCUT2D eigenvalue weighted by molar-refractivity contribution is -0.131. The minimum absolute atomic E-state index is 0.217. The van der Waals surface area contributed by atoms with Crippen LogP contribution < -0.4 is 10.1 Å². The molecule has 1 unspecified atom stereocenters. The van der Waals surface area contributed by atoms with Gasteiger partial charge in [-0.3, -0.25) is 9.69 Å². The predicted octanol–water partition coefficient (Wildman–Crippen LogP) is 2.75. The monoisotopic (exact) mass is 359 g/mol. The Labute approximate surface area is 155 Å². The summed E-state index contributed by atoms with van der Waals surface area (Å²) in [5, 5.41) is 2.84. The average molecular weight is 359 g/mol. The molecule has 1 fully saturated rings. The van der Waals surface area contributed by atoms with Gasteiger partial charge >= 0.3 is 6.03 Å². The minimum atomic E-state index is -1.05. The molecule has 0 bridgehead atoms. The van der Waals surface area contributed by atoms with E-state index >= 15 is 0 Å². The van der Waals surface area contributed by atoms with Crippen LogP contribution in [0.5, 0.6) is 5.75 Å². The second-order valence-electron chi connectivity index (χ2n) is 6.81. The highest BCUT2D eigenvalue weighted by atomic mass is 16.5. The van der Waals surface area contributed by atoms with E-state index in [0.29, 0.717) is 25.4 Å². The lowest BCUT2D eigenvalue weighted by Gasteiger charge is -2.24. The Balaban J connectivity index is 2.10. The van der Waals surface area contributed by atoms with Gasteiger partial charge in [0.1, 0.15) is 17.9 Å². The SMILES string of the molecule is C=C(C)COc1ccc(C2(C)NC(=O)N(CCN(CC)CC)C2=O)cc1. The molecular formula is C20H29N3O3. The number of hydrogen-bond donors (Lipinski definition) is 1. The lowest BCUT2D eigenvalue weighted by Crippen LogP contribution is -2.42. The number of amides is 3. The fourth-order valence-corrected chi connectivity index (χ4v) is 2.97. The van der Waals surface area contributed by atoms with E-state index in [9.17, 15) is 9.59 Å². The van der Waals surface area contributed by atoms with E-state index < -0.39 is 5.54 Å². The second-order valence-corrected chi connectivity index (χ2v) is 6.81. The standard InChI is InChI=1S/C20H29N3O3/c1-6-22(7-2)12-13-23-18(24)20(5,21-19(23)25)16-8-10-17(11-9-16)26-14-15(3)4/h8-11H,3,6-7,12-14H2,1-2,4-5H3,(H,21,25). The smallest absolute Gasteiger partial charge is 0.325 e. The van der Waals surface area contributed by atoms with Crippen molar-refractivity contribution in [1.82, 2.24) is 15.1 Å². The van der Waals surface area contributed by atoms with Gasteiger partial charge in [0.25, 0.3) is 5.91 Å². The molecule has 6 nitrogen and oxygen atoms in total. The summed E-state index contributed by atoms with van der Waals surface area (Å²) in [4.78, 5) is 28.8. The number of rotatable bonds is 9. The molecule has 0 aliphatic carbocycles. The summed E-state index contributed by atoms with van der Waals surface area (Å²) in [5.41, 5.74) is 0.625. The van der Waals surface area contributed by atoms with Crippen LogP contribution in [0.15, 0.2) is 36.4 Å². The minimum Gasteiger partial charge on any atom is -0.489 e. The van der Waals surface area contributed by atoms with Crippen molar-refractivity contribution < 1.29 is 14.3 Å². The van der Waals surface area contributed by atoms with Crippen molar-refractivity contribution in [1.29, 1.82) is 0 Å². The number of urea groups is 1. The molecule has 3 amide bonds. The van der Waals surface area contributed by atoms with Crippen LogP contribution in [0.3, 0.4) is 0 Å². The normalized spacial score (nSPS) is 19.8. The van der Waals surface area contributed by atoms with Gasteiger partial charge in [-0.1, -0.05) is 32.6 Å². The molecule has 1 heterocycles. The van der Waals surface area contributed by atoms with Crippen LogP contribution in [0.25, 0.3) is 0 Å². The molecule has 1 saturated heterocycles. The molecule has 1 N–H and O–H groups in total. The van der Waals surface area contributed by atoms with Crippen molar-refractivity contribution in [2.45, 2.75) is 33.2 Å². The fraction of sp³-hybridized carbons (Fsp3) is 0.500. The Morgan fingerprint density at radius 1 is 1.23 bits per heavy atom. The van der Waals surface area contributed by atoms with Crippen LogP contribution in [-0.2, 0) is 10.3 Å². The summed E-state index contributed by atoms with van der Waals surface area (Å²) in [7, 11) is 0. The van der Waals surface area contributed by atoms with Crippen molar-refractivity contribution in [2.75, 3.05) is 32.8 Å². The van der Waals surface area contributed by atoms with Gasteiger partial charge in [-0.15, -0.1) is 0 Å². The maximum absolute atomic E-state index is 12.9. The largest absolute Gasteiger partial charge is 0.489 e. The van der Waals surface area contributed by atoms with Crippen LogP contribution in [0, 0.1) is 0 Å². The van der Waals surface area contributed by atoms with E-state index in [4.69, 9.17) is 4.74 Å². The van der Waals surface area contributed by atoms with E-state index in [1.807, 2.05) is 31.2 Å². The van der Waals surface area contributed by atoms with Crippen molar-refractivity contribution in [3.63, 3.8) is 0 Å². The summed E-state index contributed by atoms with van der Waals surface area (Å²) in [6.45, 7) is 14.9. The molecule has 0 spiro atoms. The van der Waals surface area contributed by atoms with E-state index in [2.05, 4.69) is 30.6 Å². The van der Waals surface area contributed by atoms with Gasteiger partial charge in [-0.25, -0.2) is 4.79 Å². The van der Waals surface area contributed by atoms with Crippen molar-refractivity contribution in [3.8, 4) is 5.75 Å². The second kappa shape index (κ2) is 8.36. The third kappa shape index (κ3) is 4.25. The summed E-state index contributed by atoms with van der Waals surface area (Å²) in [6.07, 6.45) is 0. The first kappa shape index (κ1) is 20.0. The van der Waals surface area contributed by atoms with E-state index in [-0.39, 0.29) is 11.9 Å². The maximum Gasteiger partial charge on any atom is 0.325 e. The van der Waals surface area contributed by atoms with E-state index in [1.165, 1.54) is 4.90 Å². The molecule has 1 aliphatic rings. The van der Waals surface area contributed by atoms with Crippen molar-refractivity contribution in [3.05, 3.63) is 42.0 Å². The molecule has 26 heavy (non-hydrogen) atoms. The summed E-state index contributed by atoms with van der Waals surface area (Å²) < 4.78 is 5.59. The summed E-state index contributed by atoms with van der Waals surface area (Å²) >= 11 is 0. The Kier molecular flexibility index (Phi) is 6.42. The third-order valence-corrected chi connectivity index (χ3v) is 4.73. The highest BCUT2D eigenvalue weighted by Gasteiger charge is 2.48. The zero-order valence-corrected chi connectivity index (χ0v) is 16.2. The Hall–Kier alpha value is -2.34. The number of carbonyl (C=O) groups is 2. The van der Waals surface area contributed by atoms with Gasteiger partial charge in [0.15, 0.2) is 0 Å². The van der Waals surface area contributed by atoms with Crippen LogP contribution >= 0.6 is 0 Å². The number of imide groups is 1. The lowest BCUT2D eigenvalue weighted by atomic mass is 9.92. The molecule has 0 saturated carbocycles. The van der Waals surface area contributed by atoms with Crippen LogP contribution in [0.2, 0.25) is 0 Å². The molecule has 142 valence electrons. The third-order valence-electron chi connectivity index (χ3n) is 4.73. The molecule has 6 heteroatoms. The van der Waals surface area contributed by atoms with Crippen LogP contribution in [0.4, 0.5) is 4.79 Å². The average Bonchev–Trinajstić information content (AvgIpc) is 2.85. The number of ether oxygens (including phenoxy) is 1. The molecule has 1 aromatic rings. The number of likely N-dealkylation sites (N-methyl/N-ethyl adjacent to an activating group) is 1. The number of carbonyl (C=O) groups excluding carboxylic acids is 2. The van der Waals surface area contributed by atoms with Gasteiger partial charge in [0.05, 0.1) is 0 Å². The Morgan fingerprint density at radius 3 is 2.38 bits per heavy atom. The number of hydrogen-bond acceptors (Lipinski definition) is 4. The summed E-state index contributed by atoms with van der Waals surface area (Å²) in [5.74, 6) is 0.487. The molecule has 1 aliphatic heterocycles.